The average molecular weight is 383 g/mol. The van der Waals surface area contributed by atoms with Gasteiger partial charge < -0.3 is 5.11 Å². The van der Waals surface area contributed by atoms with E-state index in [0.717, 1.165) is 24.8 Å². The van der Waals surface area contributed by atoms with Crippen molar-refractivity contribution in [1.82, 2.24) is 0 Å². The third kappa shape index (κ3) is 3.86. The van der Waals surface area contributed by atoms with Gasteiger partial charge in [0.05, 0.1) is 10.5 Å². The van der Waals surface area contributed by atoms with Crippen LogP contribution in [0.15, 0.2) is 23.2 Å². The Morgan fingerprint density at radius 3 is 2.81 bits per heavy atom. The van der Waals surface area contributed by atoms with Crippen LogP contribution in [0.5, 0.6) is 5.75 Å². The van der Waals surface area contributed by atoms with E-state index in [-0.39, 0.29) is 22.4 Å². The van der Waals surface area contributed by atoms with Gasteiger partial charge in [0, 0.05) is 28.8 Å². The Morgan fingerprint density at radius 1 is 1.44 bits per heavy atom. The number of aromatic hydroxyl groups is 1. The molecule has 0 saturated heterocycles. The lowest BCUT2D eigenvalue weighted by atomic mass is 9.72. The van der Waals surface area contributed by atoms with E-state index in [0.29, 0.717) is 16.5 Å². The van der Waals surface area contributed by atoms with Gasteiger partial charge in [-0.2, -0.15) is 5.26 Å². The summed E-state index contributed by atoms with van der Waals surface area (Å²) in [5, 5.41) is 31.1. The normalized spacial score (nSPS) is 16.9. The molecule has 1 N–H and O–H groups in total. The summed E-state index contributed by atoms with van der Waals surface area (Å²) >= 11 is 1.51. The van der Waals surface area contributed by atoms with Crippen LogP contribution in [0.3, 0.4) is 0 Å². The minimum atomic E-state index is -0.520. The first-order valence-electron chi connectivity index (χ1n) is 8.77. The highest BCUT2D eigenvalue weighted by molar-refractivity contribution is 7.16. The van der Waals surface area contributed by atoms with E-state index in [4.69, 9.17) is 0 Å². The molecule has 1 aromatic carbocycles. The number of fused-ring (bicyclic) bond motifs is 1. The van der Waals surface area contributed by atoms with Crippen LogP contribution in [0, 0.1) is 32.8 Å². The molecule has 1 aliphatic rings. The molecule has 3 rings (SSSR count). The first-order valence-corrected chi connectivity index (χ1v) is 9.58. The predicted molar refractivity (Wildman–Crippen MR) is 106 cm³/mol. The van der Waals surface area contributed by atoms with Crippen molar-refractivity contribution in [2.75, 3.05) is 0 Å². The molecule has 0 amide bonds. The number of phenolic OH excluding ortho intramolecular Hbond substituents is 1. The number of aliphatic imine (C=N–C) groups is 1. The van der Waals surface area contributed by atoms with Crippen LogP contribution in [0.2, 0.25) is 0 Å². The molecule has 0 aliphatic heterocycles. The van der Waals surface area contributed by atoms with E-state index in [1.165, 1.54) is 40.6 Å². The molecular formula is C20H21N3O3S. The van der Waals surface area contributed by atoms with Crippen molar-refractivity contribution in [3.63, 3.8) is 0 Å². The second-order valence-corrected chi connectivity index (χ2v) is 8.94. The largest absolute Gasteiger partial charge is 0.507 e. The Balaban J connectivity index is 1.94. The van der Waals surface area contributed by atoms with Crippen LogP contribution in [0.4, 0.5) is 10.7 Å². The van der Waals surface area contributed by atoms with Gasteiger partial charge in [-0.1, -0.05) is 20.8 Å². The molecule has 1 aliphatic carbocycles. The quantitative estimate of drug-likeness (QED) is 0.451. The van der Waals surface area contributed by atoms with Gasteiger partial charge in [-0.05, 0) is 42.2 Å². The van der Waals surface area contributed by atoms with Gasteiger partial charge in [-0.25, -0.2) is 4.99 Å². The Hall–Kier alpha value is -2.72. The number of phenols is 1. The zero-order valence-corrected chi connectivity index (χ0v) is 16.3. The molecule has 2 aromatic rings. The summed E-state index contributed by atoms with van der Waals surface area (Å²) in [6, 6.07) is 6.05. The molecule has 1 heterocycles. The maximum Gasteiger partial charge on any atom is 0.270 e. The zero-order chi connectivity index (χ0) is 19.8. The maximum atomic E-state index is 10.9. The summed E-state index contributed by atoms with van der Waals surface area (Å²) in [7, 11) is 0. The highest BCUT2D eigenvalue weighted by Gasteiger charge is 2.32. The van der Waals surface area contributed by atoms with Gasteiger partial charge in [0.25, 0.3) is 5.69 Å². The molecule has 0 fully saturated rings. The molecule has 0 saturated carbocycles. The van der Waals surface area contributed by atoms with Crippen molar-refractivity contribution < 1.29 is 10.0 Å². The molecule has 0 spiro atoms. The lowest BCUT2D eigenvalue weighted by molar-refractivity contribution is -0.384. The van der Waals surface area contributed by atoms with Crippen LogP contribution in [-0.4, -0.2) is 16.2 Å². The van der Waals surface area contributed by atoms with Crippen molar-refractivity contribution in [3.05, 3.63) is 49.9 Å². The standard InChI is InChI=1S/C20H21N3O3S/c1-20(2,3)13-4-6-15-16(10-21)19(27-18(15)9-13)22-11-12-8-14(23(25)26)5-7-17(12)24/h5,7-8,11,13,24H,4,6,9H2,1-3H3/t13-/m0/s1. The zero-order valence-electron chi connectivity index (χ0n) is 15.5. The summed E-state index contributed by atoms with van der Waals surface area (Å²) in [6.07, 6.45) is 4.25. The third-order valence-electron chi connectivity index (χ3n) is 5.13. The molecule has 27 heavy (non-hydrogen) atoms. The second-order valence-electron chi connectivity index (χ2n) is 7.86. The van der Waals surface area contributed by atoms with E-state index in [1.807, 2.05) is 0 Å². The Morgan fingerprint density at radius 2 is 2.19 bits per heavy atom. The SMILES string of the molecule is CC(C)(C)[C@H]1CCc2c(sc(N=Cc3cc([N+](=O)[O-])ccc3O)c2C#N)C1. The number of hydrogen-bond acceptors (Lipinski definition) is 6. The van der Waals surface area contributed by atoms with E-state index >= 15 is 0 Å². The molecule has 1 aromatic heterocycles. The molecule has 0 bridgehead atoms. The number of hydrogen-bond donors (Lipinski definition) is 1. The van der Waals surface area contributed by atoms with E-state index in [2.05, 4.69) is 31.8 Å². The van der Waals surface area contributed by atoms with Crippen LogP contribution < -0.4 is 0 Å². The maximum absolute atomic E-state index is 10.9. The van der Waals surface area contributed by atoms with Gasteiger partial charge in [-0.3, -0.25) is 10.1 Å². The van der Waals surface area contributed by atoms with Gasteiger partial charge in [0.1, 0.15) is 16.8 Å². The van der Waals surface area contributed by atoms with Gasteiger partial charge in [0.15, 0.2) is 0 Å². The minimum Gasteiger partial charge on any atom is -0.507 e. The lowest BCUT2D eigenvalue weighted by Crippen LogP contribution is -2.26. The van der Waals surface area contributed by atoms with Crippen LogP contribution in [-0.2, 0) is 12.8 Å². The first-order chi connectivity index (χ1) is 12.7. The molecule has 7 heteroatoms. The average Bonchev–Trinajstić information content (AvgIpc) is 2.96. The van der Waals surface area contributed by atoms with Crippen LogP contribution >= 0.6 is 11.3 Å². The Labute approximate surface area is 162 Å². The highest BCUT2D eigenvalue weighted by atomic mass is 32.1. The van der Waals surface area contributed by atoms with Crippen molar-refractivity contribution in [2.45, 2.75) is 40.0 Å². The smallest absolute Gasteiger partial charge is 0.270 e. The van der Waals surface area contributed by atoms with E-state index in [1.54, 1.807) is 0 Å². The highest BCUT2D eigenvalue weighted by Crippen LogP contribution is 2.44. The number of nitrogens with zero attached hydrogens (tertiary/aromatic N) is 3. The summed E-state index contributed by atoms with van der Waals surface area (Å²) < 4.78 is 0. The van der Waals surface area contributed by atoms with Crippen molar-refractivity contribution in [2.24, 2.45) is 16.3 Å². The summed E-state index contributed by atoms with van der Waals surface area (Å²) in [6.45, 7) is 6.73. The van der Waals surface area contributed by atoms with Crippen molar-refractivity contribution in [1.29, 1.82) is 5.26 Å². The van der Waals surface area contributed by atoms with E-state index < -0.39 is 4.92 Å². The second kappa shape index (κ2) is 7.12. The first kappa shape index (κ1) is 19.1. The van der Waals surface area contributed by atoms with Crippen LogP contribution in [0.1, 0.15) is 48.8 Å². The number of rotatable bonds is 3. The Kier molecular flexibility index (Phi) is 5.03. The summed E-state index contributed by atoms with van der Waals surface area (Å²) in [5.41, 5.74) is 2.02. The fourth-order valence-corrected chi connectivity index (χ4v) is 4.63. The van der Waals surface area contributed by atoms with Crippen molar-refractivity contribution >= 4 is 28.2 Å². The number of non-ortho nitro benzene ring substituents is 1. The van der Waals surface area contributed by atoms with E-state index in [9.17, 15) is 20.5 Å². The number of nitriles is 1. The molecular weight excluding hydrogens is 362 g/mol. The number of benzene rings is 1. The predicted octanol–water partition coefficient (Wildman–Crippen LogP) is 5.14. The number of thiophene rings is 1. The van der Waals surface area contributed by atoms with Gasteiger partial charge in [0.2, 0.25) is 0 Å². The fourth-order valence-electron chi connectivity index (χ4n) is 3.40. The van der Waals surface area contributed by atoms with Gasteiger partial charge >= 0.3 is 0 Å². The third-order valence-corrected chi connectivity index (χ3v) is 6.29. The van der Waals surface area contributed by atoms with Crippen LogP contribution in [0.25, 0.3) is 0 Å². The summed E-state index contributed by atoms with van der Waals surface area (Å²) in [5.74, 6) is 0.477. The minimum absolute atomic E-state index is 0.0861. The monoisotopic (exact) mass is 383 g/mol. The lowest BCUT2D eigenvalue weighted by Gasteiger charge is -2.33. The molecule has 6 nitrogen and oxygen atoms in total. The number of nitro groups is 1. The fraction of sp³-hybridized carbons (Fsp3) is 0.400. The van der Waals surface area contributed by atoms with Crippen molar-refractivity contribution in [3.8, 4) is 11.8 Å². The molecule has 0 unspecified atom stereocenters. The molecule has 1 atom stereocenters. The molecule has 0 radical (unpaired) electrons. The van der Waals surface area contributed by atoms with Gasteiger partial charge in [-0.15, -0.1) is 11.3 Å². The topological polar surface area (TPSA) is 99.5 Å². The summed E-state index contributed by atoms with van der Waals surface area (Å²) in [4.78, 5) is 16.0. The number of nitro benzene ring substituents is 1. The Bertz CT molecular complexity index is 964. The molecule has 140 valence electrons.